The molecule has 0 unspecified atom stereocenters. The lowest BCUT2D eigenvalue weighted by Crippen LogP contribution is -2.31. The van der Waals surface area contributed by atoms with Gasteiger partial charge in [-0.2, -0.15) is 18.2 Å². The number of amides is 1. The molecule has 0 aliphatic heterocycles. The van der Waals surface area contributed by atoms with Crippen LogP contribution in [-0.4, -0.2) is 45.0 Å². The summed E-state index contributed by atoms with van der Waals surface area (Å²) < 4.78 is 40.4. The Morgan fingerprint density at radius 1 is 1.45 bits per heavy atom. The van der Waals surface area contributed by atoms with E-state index >= 15 is 0 Å². The van der Waals surface area contributed by atoms with Gasteiger partial charge in [-0.3, -0.25) is 20.2 Å². The summed E-state index contributed by atoms with van der Waals surface area (Å²) in [6.07, 6.45) is -4.23. The minimum Gasteiger partial charge on any atom is -0.359 e. The van der Waals surface area contributed by atoms with Gasteiger partial charge in [0.1, 0.15) is 18.4 Å². The van der Waals surface area contributed by atoms with Crippen molar-refractivity contribution in [2.45, 2.75) is 19.2 Å². The minimum absolute atomic E-state index is 0.0758. The smallest absolute Gasteiger partial charge is 0.359 e. The van der Waals surface area contributed by atoms with Crippen molar-refractivity contribution in [1.29, 1.82) is 0 Å². The molecule has 118 valence electrons. The summed E-state index contributed by atoms with van der Waals surface area (Å²) in [5.74, 6) is -0.538. The normalized spacial score (nSPS) is 12.9. The van der Waals surface area contributed by atoms with E-state index in [0.717, 1.165) is 0 Å². The van der Waals surface area contributed by atoms with Crippen LogP contribution in [0.5, 0.6) is 0 Å². The van der Waals surface area contributed by atoms with Crippen molar-refractivity contribution in [3.05, 3.63) is 24.4 Å². The highest BCUT2D eigenvalue weighted by molar-refractivity contribution is 5.92. The van der Waals surface area contributed by atoms with Gasteiger partial charge >= 0.3 is 6.18 Å². The molecule has 0 bridgehead atoms. The second-order valence-corrected chi connectivity index (χ2v) is 4.28. The highest BCUT2D eigenvalue weighted by atomic mass is 19.4. The molecule has 1 amide bonds. The first kappa shape index (κ1) is 15.9. The summed E-state index contributed by atoms with van der Waals surface area (Å²) in [5.41, 5.74) is 0.511. The fraction of sp³-hybridized carbons (Fsp3) is 0.333. The van der Waals surface area contributed by atoms with Crippen molar-refractivity contribution in [1.82, 2.24) is 20.2 Å². The first-order valence-electron chi connectivity index (χ1n) is 6.18. The van der Waals surface area contributed by atoms with Crippen molar-refractivity contribution in [3.63, 3.8) is 0 Å². The van der Waals surface area contributed by atoms with E-state index in [2.05, 4.69) is 30.2 Å². The predicted octanol–water partition coefficient (Wildman–Crippen LogP) is 1.77. The standard InChI is InChI=1S/C12H12F3N5O2/c1-7(22-6-12(13,14)15)10(21)18-11-17-9(19-20-11)8-4-2-3-5-16-8/h2-5,7H,6H2,1H3,(H2,17,18,19,20,21)/t7-/m0/s1. The Labute approximate surface area is 122 Å². The molecule has 0 radical (unpaired) electrons. The average molecular weight is 315 g/mol. The SMILES string of the molecule is C[C@H](OCC(F)(F)F)C(=O)Nc1n[nH]c(-c2ccccn2)n1. The van der Waals surface area contributed by atoms with Gasteiger partial charge in [0, 0.05) is 6.20 Å². The van der Waals surface area contributed by atoms with Crippen LogP contribution in [0.25, 0.3) is 11.5 Å². The molecule has 2 heterocycles. The molecule has 22 heavy (non-hydrogen) atoms. The Morgan fingerprint density at radius 2 is 2.23 bits per heavy atom. The Morgan fingerprint density at radius 3 is 2.86 bits per heavy atom. The van der Waals surface area contributed by atoms with Crippen LogP contribution in [0.1, 0.15) is 6.92 Å². The van der Waals surface area contributed by atoms with E-state index in [4.69, 9.17) is 0 Å². The molecule has 0 aliphatic rings. The molecule has 0 fully saturated rings. The number of aromatic amines is 1. The highest BCUT2D eigenvalue weighted by Crippen LogP contribution is 2.16. The van der Waals surface area contributed by atoms with Gasteiger partial charge in [0.25, 0.3) is 5.91 Å². The molecule has 1 atom stereocenters. The molecule has 2 aromatic rings. The highest BCUT2D eigenvalue weighted by Gasteiger charge is 2.30. The molecule has 0 saturated heterocycles. The largest absolute Gasteiger partial charge is 0.411 e. The van der Waals surface area contributed by atoms with Crippen molar-refractivity contribution in [2.24, 2.45) is 0 Å². The van der Waals surface area contributed by atoms with E-state index in [9.17, 15) is 18.0 Å². The van der Waals surface area contributed by atoms with Crippen LogP contribution in [0.2, 0.25) is 0 Å². The van der Waals surface area contributed by atoms with Crippen LogP contribution >= 0.6 is 0 Å². The lowest BCUT2D eigenvalue weighted by atomic mass is 10.3. The number of carbonyl (C=O) groups excluding carboxylic acids is 1. The van der Waals surface area contributed by atoms with Gasteiger partial charge in [-0.25, -0.2) is 0 Å². The Kier molecular flexibility index (Phi) is 4.71. The van der Waals surface area contributed by atoms with E-state index in [-0.39, 0.29) is 5.95 Å². The van der Waals surface area contributed by atoms with Crippen molar-refractivity contribution >= 4 is 11.9 Å². The summed E-state index contributed by atoms with van der Waals surface area (Å²) in [6.45, 7) is -0.303. The van der Waals surface area contributed by atoms with Gasteiger partial charge in [0.15, 0.2) is 5.82 Å². The van der Waals surface area contributed by atoms with Crippen LogP contribution in [0.4, 0.5) is 19.1 Å². The zero-order valence-electron chi connectivity index (χ0n) is 11.4. The van der Waals surface area contributed by atoms with E-state index in [1.54, 1.807) is 24.4 Å². The Balaban J connectivity index is 1.94. The maximum atomic E-state index is 12.0. The fourth-order valence-corrected chi connectivity index (χ4v) is 1.44. The molecule has 7 nitrogen and oxygen atoms in total. The molecule has 0 saturated carbocycles. The number of hydrogen-bond acceptors (Lipinski definition) is 5. The number of nitrogens with zero attached hydrogens (tertiary/aromatic N) is 3. The van der Waals surface area contributed by atoms with Crippen LogP contribution in [0.15, 0.2) is 24.4 Å². The van der Waals surface area contributed by atoms with Gasteiger partial charge in [0.05, 0.1) is 0 Å². The van der Waals surface area contributed by atoms with Gasteiger partial charge in [-0.1, -0.05) is 6.07 Å². The van der Waals surface area contributed by atoms with Crippen molar-refractivity contribution < 1.29 is 22.7 Å². The first-order valence-corrected chi connectivity index (χ1v) is 6.18. The third kappa shape index (κ3) is 4.52. The molecular weight excluding hydrogens is 303 g/mol. The molecule has 0 aliphatic carbocycles. The third-order valence-corrected chi connectivity index (χ3v) is 2.49. The van der Waals surface area contributed by atoms with E-state index < -0.39 is 24.8 Å². The van der Waals surface area contributed by atoms with Crippen LogP contribution in [0, 0.1) is 0 Å². The summed E-state index contributed by atoms with van der Waals surface area (Å²) in [6, 6.07) is 5.15. The lowest BCUT2D eigenvalue weighted by molar-refractivity contribution is -0.184. The number of carbonyl (C=O) groups is 1. The number of anilines is 1. The van der Waals surface area contributed by atoms with Gasteiger partial charge in [0.2, 0.25) is 5.95 Å². The van der Waals surface area contributed by atoms with Gasteiger partial charge in [-0.15, -0.1) is 5.10 Å². The number of nitrogens with one attached hydrogen (secondary N) is 2. The molecular formula is C12H12F3N5O2. The van der Waals surface area contributed by atoms with E-state index in [1.165, 1.54) is 6.92 Å². The quantitative estimate of drug-likeness (QED) is 0.877. The maximum Gasteiger partial charge on any atom is 0.411 e. The Bertz CT molecular complexity index is 629. The fourth-order valence-electron chi connectivity index (χ4n) is 1.44. The number of alkyl halides is 3. The second kappa shape index (κ2) is 6.52. The van der Waals surface area contributed by atoms with Crippen LogP contribution in [-0.2, 0) is 9.53 Å². The number of pyridine rings is 1. The van der Waals surface area contributed by atoms with Gasteiger partial charge < -0.3 is 4.74 Å². The zero-order chi connectivity index (χ0) is 16.2. The molecule has 2 N–H and O–H groups in total. The van der Waals surface area contributed by atoms with Crippen LogP contribution in [0.3, 0.4) is 0 Å². The molecule has 2 aromatic heterocycles. The van der Waals surface area contributed by atoms with Gasteiger partial charge in [-0.05, 0) is 19.1 Å². The Hall–Kier alpha value is -2.49. The lowest BCUT2D eigenvalue weighted by Gasteiger charge is -2.13. The maximum absolute atomic E-state index is 12.0. The number of halogens is 3. The predicted molar refractivity (Wildman–Crippen MR) is 69.7 cm³/mol. The monoisotopic (exact) mass is 315 g/mol. The number of rotatable bonds is 5. The zero-order valence-corrected chi connectivity index (χ0v) is 11.4. The van der Waals surface area contributed by atoms with Crippen molar-refractivity contribution in [3.8, 4) is 11.5 Å². The third-order valence-electron chi connectivity index (χ3n) is 2.49. The van der Waals surface area contributed by atoms with Crippen LogP contribution < -0.4 is 5.32 Å². The minimum atomic E-state index is -4.49. The summed E-state index contributed by atoms with van der Waals surface area (Å²) in [4.78, 5) is 19.7. The molecule has 0 aromatic carbocycles. The number of hydrogen-bond donors (Lipinski definition) is 2. The summed E-state index contributed by atoms with van der Waals surface area (Å²) >= 11 is 0. The second-order valence-electron chi connectivity index (χ2n) is 4.28. The van der Waals surface area contributed by atoms with E-state index in [1.807, 2.05) is 0 Å². The number of H-pyrrole nitrogens is 1. The number of ether oxygens (including phenoxy) is 1. The molecule has 10 heteroatoms. The number of aromatic nitrogens is 4. The van der Waals surface area contributed by atoms with E-state index in [0.29, 0.717) is 11.5 Å². The molecule has 2 rings (SSSR count). The average Bonchev–Trinajstić information content (AvgIpc) is 2.93. The first-order chi connectivity index (χ1) is 10.3. The molecule has 0 spiro atoms. The summed E-state index contributed by atoms with van der Waals surface area (Å²) in [5, 5.41) is 8.56. The summed E-state index contributed by atoms with van der Waals surface area (Å²) in [7, 11) is 0. The topological polar surface area (TPSA) is 92.8 Å². The van der Waals surface area contributed by atoms with Crippen molar-refractivity contribution in [2.75, 3.05) is 11.9 Å².